The Morgan fingerprint density at radius 3 is 2.41 bits per heavy atom. The average molecular weight is 449 g/mol. The highest BCUT2D eigenvalue weighted by atomic mass is 35.5. The number of alkyl carbamates (subject to hydrolysis) is 1. The smallest absolute Gasteiger partial charge is 0.434 e. The van der Waals surface area contributed by atoms with Crippen molar-refractivity contribution >= 4 is 35.2 Å². The molecular weight excluding hydrogens is 436 g/mol. The number of carbonyl (C=O) groups is 2. The zero-order valence-corrected chi connectivity index (χ0v) is 15.9. The molecule has 0 bridgehead atoms. The minimum Gasteiger partial charge on any atom is -0.434 e. The molecule has 0 aliphatic carbocycles. The van der Waals surface area contributed by atoms with Crippen LogP contribution in [0.5, 0.6) is 5.75 Å². The van der Waals surface area contributed by atoms with E-state index < -0.39 is 36.3 Å². The number of nitrogens with one attached hydrogen (secondary N) is 2. The summed E-state index contributed by atoms with van der Waals surface area (Å²) in [5.41, 5.74) is 0.425. The van der Waals surface area contributed by atoms with Crippen LogP contribution in [0.1, 0.15) is 17.2 Å². The van der Waals surface area contributed by atoms with E-state index in [4.69, 9.17) is 27.9 Å². The highest BCUT2D eigenvalue weighted by Gasteiger charge is 2.35. The lowest BCUT2D eigenvalue weighted by Crippen LogP contribution is -2.39. The van der Waals surface area contributed by atoms with Crippen LogP contribution in [0.25, 0.3) is 0 Å². The molecule has 1 unspecified atom stereocenters. The number of hydrogen-bond acceptors (Lipinski definition) is 4. The van der Waals surface area contributed by atoms with E-state index in [1.807, 2.05) is 0 Å². The van der Waals surface area contributed by atoms with E-state index in [1.54, 1.807) is 0 Å². The van der Waals surface area contributed by atoms with Crippen LogP contribution in [0.4, 0.5) is 18.0 Å². The summed E-state index contributed by atoms with van der Waals surface area (Å²) in [6.07, 6.45) is -6.86. The number of halogens is 5. The van der Waals surface area contributed by atoms with Gasteiger partial charge in [-0.15, -0.1) is 13.2 Å². The molecule has 0 saturated carbocycles. The quantitative estimate of drug-likeness (QED) is 0.718. The summed E-state index contributed by atoms with van der Waals surface area (Å²) < 4.78 is 47.6. The molecule has 1 fully saturated rings. The first-order valence-electron chi connectivity index (χ1n) is 8.18. The van der Waals surface area contributed by atoms with E-state index in [0.717, 1.165) is 6.07 Å². The Labute approximate surface area is 172 Å². The first-order valence-corrected chi connectivity index (χ1v) is 8.93. The molecule has 2 amide bonds. The molecule has 0 aromatic heterocycles. The minimum atomic E-state index is -4.97. The Morgan fingerprint density at radius 1 is 1.17 bits per heavy atom. The van der Waals surface area contributed by atoms with Gasteiger partial charge in [-0.25, -0.2) is 4.79 Å². The van der Waals surface area contributed by atoms with E-state index in [9.17, 15) is 22.8 Å². The van der Waals surface area contributed by atoms with Crippen molar-refractivity contribution in [2.24, 2.45) is 0 Å². The first-order chi connectivity index (χ1) is 13.6. The molecular formula is C18H13Cl2F3N2O4. The van der Waals surface area contributed by atoms with Crippen LogP contribution in [-0.2, 0) is 9.53 Å². The lowest BCUT2D eigenvalue weighted by Gasteiger charge is -2.24. The Morgan fingerprint density at radius 2 is 1.83 bits per heavy atom. The normalized spacial score (nSPS) is 17.3. The highest BCUT2D eigenvalue weighted by Crippen LogP contribution is 2.36. The summed E-state index contributed by atoms with van der Waals surface area (Å²) >= 11 is 11.7. The van der Waals surface area contributed by atoms with E-state index in [0.29, 0.717) is 10.6 Å². The van der Waals surface area contributed by atoms with Crippen LogP contribution >= 0.6 is 23.2 Å². The summed E-state index contributed by atoms with van der Waals surface area (Å²) in [6, 6.07) is 8.73. The molecule has 6 nitrogen and oxygen atoms in total. The zero-order chi connectivity index (χ0) is 21.2. The van der Waals surface area contributed by atoms with Gasteiger partial charge in [-0.05, 0) is 29.8 Å². The number of ether oxygens (including phenoxy) is 2. The van der Waals surface area contributed by atoms with Crippen molar-refractivity contribution in [1.82, 2.24) is 10.6 Å². The van der Waals surface area contributed by atoms with Crippen molar-refractivity contribution in [1.29, 1.82) is 0 Å². The van der Waals surface area contributed by atoms with Gasteiger partial charge in [0.15, 0.2) is 6.10 Å². The third kappa shape index (κ3) is 5.45. The van der Waals surface area contributed by atoms with Crippen molar-refractivity contribution in [2.75, 3.05) is 6.54 Å². The predicted octanol–water partition coefficient (Wildman–Crippen LogP) is 4.21. The van der Waals surface area contributed by atoms with Gasteiger partial charge in [-0.1, -0.05) is 41.4 Å². The highest BCUT2D eigenvalue weighted by molar-refractivity contribution is 6.31. The van der Waals surface area contributed by atoms with Crippen LogP contribution in [0.2, 0.25) is 10.0 Å². The molecule has 2 atom stereocenters. The molecule has 3 rings (SSSR count). The second-order valence-electron chi connectivity index (χ2n) is 6.00. The van der Waals surface area contributed by atoms with Gasteiger partial charge in [0.25, 0.3) is 5.91 Å². The zero-order valence-electron chi connectivity index (χ0n) is 14.4. The van der Waals surface area contributed by atoms with Gasteiger partial charge in [0.1, 0.15) is 5.75 Å². The van der Waals surface area contributed by atoms with Crippen molar-refractivity contribution in [3.05, 3.63) is 63.6 Å². The molecule has 29 heavy (non-hydrogen) atoms. The summed E-state index contributed by atoms with van der Waals surface area (Å²) in [5, 5.41) is 5.33. The van der Waals surface area contributed by atoms with E-state index in [-0.39, 0.29) is 17.1 Å². The molecule has 0 spiro atoms. The van der Waals surface area contributed by atoms with Gasteiger partial charge in [0, 0.05) is 15.6 Å². The fourth-order valence-electron chi connectivity index (χ4n) is 2.73. The van der Waals surface area contributed by atoms with Gasteiger partial charge in [0.2, 0.25) is 0 Å². The van der Waals surface area contributed by atoms with Crippen molar-refractivity contribution in [3.8, 4) is 5.75 Å². The van der Waals surface area contributed by atoms with Gasteiger partial charge in [-0.3, -0.25) is 4.79 Å². The lowest BCUT2D eigenvalue weighted by molar-refractivity contribution is -0.274. The molecule has 2 aromatic rings. The maximum Gasteiger partial charge on any atom is 0.573 e. The summed E-state index contributed by atoms with van der Waals surface area (Å²) in [5.74, 6) is -1.27. The molecule has 11 heteroatoms. The fraction of sp³-hybridized carbons (Fsp3) is 0.222. The van der Waals surface area contributed by atoms with Crippen molar-refractivity contribution in [3.63, 3.8) is 0 Å². The van der Waals surface area contributed by atoms with E-state index >= 15 is 0 Å². The molecule has 2 aromatic carbocycles. The van der Waals surface area contributed by atoms with Crippen LogP contribution < -0.4 is 15.4 Å². The van der Waals surface area contributed by atoms with Crippen LogP contribution in [0, 0.1) is 0 Å². The van der Waals surface area contributed by atoms with Crippen molar-refractivity contribution in [2.45, 2.75) is 18.5 Å². The molecule has 1 heterocycles. The Balaban J connectivity index is 2.00. The number of amides is 2. The Bertz CT molecular complexity index is 922. The minimum absolute atomic E-state index is 0.000296. The molecule has 1 aliphatic heterocycles. The van der Waals surface area contributed by atoms with Gasteiger partial charge in [0.05, 0.1) is 12.6 Å². The Hall–Kier alpha value is -2.65. The number of cyclic esters (lactones) is 1. The summed E-state index contributed by atoms with van der Waals surface area (Å²) in [6.45, 7) is -0.0649. The number of hydrogen-bond donors (Lipinski definition) is 2. The Kier molecular flexibility index (Phi) is 6.09. The average Bonchev–Trinajstić information content (AvgIpc) is 3.06. The second-order valence-corrected chi connectivity index (χ2v) is 6.87. The maximum atomic E-state index is 12.9. The van der Waals surface area contributed by atoms with Gasteiger partial charge < -0.3 is 20.1 Å². The number of benzene rings is 2. The van der Waals surface area contributed by atoms with E-state index in [2.05, 4.69) is 15.4 Å². The number of alkyl halides is 3. The molecule has 0 radical (unpaired) electrons. The lowest BCUT2D eigenvalue weighted by atomic mass is 9.97. The molecule has 154 valence electrons. The summed E-state index contributed by atoms with van der Waals surface area (Å²) in [7, 11) is 0. The van der Waals surface area contributed by atoms with Crippen LogP contribution in [0.3, 0.4) is 0 Å². The molecule has 2 N–H and O–H groups in total. The molecule has 1 aliphatic rings. The fourth-order valence-corrected chi connectivity index (χ4v) is 3.01. The van der Waals surface area contributed by atoms with E-state index in [1.165, 1.54) is 36.4 Å². The number of carbonyl (C=O) groups excluding carboxylic acids is 2. The largest absolute Gasteiger partial charge is 0.573 e. The predicted molar refractivity (Wildman–Crippen MR) is 97.8 cm³/mol. The topological polar surface area (TPSA) is 76.7 Å². The van der Waals surface area contributed by atoms with Crippen molar-refractivity contribution < 1.29 is 32.2 Å². The first kappa shape index (κ1) is 21.1. The van der Waals surface area contributed by atoms with Gasteiger partial charge >= 0.3 is 12.5 Å². The number of rotatable bonds is 5. The van der Waals surface area contributed by atoms with Crippen LogP contribution in [-0.4, -0.2) is 31.0 Å². The maximum absolute atomic E-state index is 12.9. The third-order valence-electron chi connectivity index (χ3n) is 3.98. The van der Waals surface area contributed by atoms with Crippen LogP contribution in [0.15, 0.2) is 42.5 Å². The monoisotopic (exact) mass is 448 g/mol. The second kappa shape index (κ2) is 8.38. The standard InChI is InChI=1S/C18H13Cl2F3N2O4/c19-10-3-1-9(2-4-10)15(25-16(26)14-8-24-17(27)28-14)12-6-5-11(20)7-13(12)29-18(21,22)23/h1-7,14-15H,8H2,(H,24,27)(H,25,26)/t14-,15?/m0/s1. The van der Waals surface area contributed by atoms with Gasteiger partial charge in [-0.2, -0.15) is 0 Å². The third-order valence-corrected chi connectivity index (χ3v) is 4.46. The molecule has 1 saturated heterocycles. The SMILES string of the molecule is O=C1NC[C@@H](C(=O)NC(c2ccc(Cl)cc2)c2ccc(Cl)cc2OC(F)(F)F)O1. The summed E-state index contributed by atoms with van der Waals surface area (Å²) in [4.78, 5) is 23.7.